The molecule has 0 saturated carbocycles. The van der Waals surface area contributed by atoms with Gasteiger partial charge in [0.05, 0.1) is 33.8 Å². The molecule has 1 aromatic heterocycles. The van der Waals surface area contributed by atoms with Gasteiger partial charge in [-0.05, 0) is 64.4 Å². The molecule has 1 heterocycles. The first-order valence-electron chi connectivity index (χ1n) is 11.4. The van der Waals surface area contributed by atoms with Crippen LogP contribution in [0.2, 0.25) is 5.02 Å². The summed E-state index contributed by atoms with van der Waals surface area (Å²) >= 11 is 6.34. The Bertz CT molecular complexity index is 1380. The van der Waals surface area contributed by atoms with Gasteiger partial charge in [-0.3, -0.25) is 4.79 Å². The number of anilines is 4. The number of aryl methyl sites for hydroxylation is 1. The van der Waals surface area contributed by atoms with Gasteiger partial charge in [0.25, 0.3) is 5.91 Å². The number of para-hydroxylation sites is 1. The van der Waals surface area contributed by atoms with Crippen LogP contribution in [0.1, 0.15) is 43.6 Å². The molecule has 11 heteroatoms. The van der Waals surface area contributed by atoms with Crippen molar-refractivity contribution in [3.8, 4) is 5.75 Å². The van der Waals surface area contributed by atoms with Crippen molar-refractivity contribution < 1.29 is 17.9 Å². The molecule has 3 N–H and O–H groups in total. The number of nitrogens with one attached hydrogen (secondary N) is 3. The summed E-state index contributed by atoms with van der Waals surface area (Å²) in [5.41, 5.74) is 2.05. The number of hydrogen-bond acceptors (Lipinski definition) is 8. The van der Waals surface area contributed by atoms with Crippen molar-refractivity contribution in [1.29, 1.82) is 0 Å². The van der Waals surface area contributed by atoms with Crippen LogP contribution in [-0.2, 0) is 9.84 Å². The van der Waals surface area contributed by atoms with E-state index in [1.54, 1.807) is 51.2 Å². The second-order valence-electron chi connectivity index (χ2n) is 8.64. The molecule has 0 spiro atoms. The SMILES string of the molecule is CNC(=O)c1cc(Nc2ncc(Cl)c(Nc3ccccc3S(=O)(=O)C(C)C)n2)c(OC(C)C)cc1C. The highest BCUT2D eigenvalue weighted by Gasteiger charge is 2.23. The van der Waals surface area contributed by atoms with Gasteiger partial charge in [0.2, 0.25) is 5.95 Å². The first kappa shape index (κ1) is 27.2. The Labute approximate surface area is 216 Å². The van der Waals surface area contributed by atoms with E-state index in [-0.39, 0.29) is 33.7 Å². The third-order valence-corrected chi connectivity index (χ3v) is 7.71. The van der Waals surface area contributed by atoms with Gasteiger partial charge in [-0.2, -0.15) is 4.98 Å². The summed E-state index contributed by atoms with van der Waals surface area (Å²) in [6, 6.07) is 10.0. The number of hydrogen-bond donors (Lipinski definition) is 3. The van der Waals surface area contributed by atoms with Gasteiger partial charge in [-0.15, -0.1) is 0 Å². The van der Waals surface area contributed by atoms with Gasteiger partial charge < -0.3 is 20.7 Å². The van der Waals surface area contributed by atoms with E-state index >= 15 is 0 Å². The first-order valence-corrected chi connectivity index (χ1v) is 13.3. The maximum absolute atomic E-state index is 12.8. The highest BCUT2D eigenvalue weighted by atomic mass is 35.5. The van der Waals surface area contributed by atoms with E-state index in [0.717, 1.165) is 5.56 Å². The average Bonchev–Trinajstić information content (AvgIpc) is 2.82. The highest BCUT2D eigenvalue weighted by Crippen LogP contribution is 2.33. The number of ether oxygens (including phenoxy) is 1. The predicted octanol–water partition coefficient (Wildman–Crippen LogP) is 5.25. The monoisotopic (exact) mass is 531 g/mol. The summed E-state index contributed by atoms with van der Waals surface area (Å²) in [5, 5.41) is 8.35. The van der Waals surface area contributed by atoms with Crippen LogP contribution in [0.3, 0.4) is 0 Å². The zero-order valence-electron chi connectivity index (χ0n) is 21.0. The van der Waals surface area contributed by atoms with Crippen LogP contribution in [0.25, 0.3) is 0 Å². The molecule has 0 bridgehead atoms. The van der Waals surface area contributed by atoms with Gasteiger partial charge >= 0.3 is 0 Å². The fourth-order valence-electron chi connectivity index (χ4n) is 3.34. The van der Waals surface area contributed by atoms with Crippen molar-refractivity contribution in [1.82, 2.24) is 15.3 Å². The van der Waals surface area contributed by atoms with E-state index in [2.05, 4.69) is 25.9 Å². The lowest BCUT2D eigenvalue weighted by molar-refractivity contribution is 0.0962. The van der Waals surface area contributed by atoms with Crippen LogP contribution in [-0.4, -0.2) is 42.7 Å². The van der Waals surface area contributed by atoms with Gasteiger partial charge in [0.15, 0.2) is 15.7 Å². The molecule has 9 nitrogen and oxygen atoms in total. The maximum Gasteiger partial charge on any atom is 0.251 e. The first-order chi connectivity index (χ1) is 16.9. The smallest absolute Gasteiger partial charge is 0.251 e. The lowest BCUT2D eigenvalue weighted by Gasteiger charge is -2.18. The zero-order chi connectivity index (χ0) is 26.6. The second-order valence-corrected chi connectivity index (χ2v) is 11.5. The van der Waals surface area contributed by atoms with Gasteiger partial charge in [-0.1, -0.05) is 23.7 Å². The average molecular weight is 532 g/mol. The molecule has 0 fully saturated rings. The van der Waals surface area contributed by atoms with E-state index in [4.69, 9.17) is 16.3 Å². The molecule has 0 radical (unpaired) electrons. The summed E-state index contributed by atoms with van der Waals surface area (Å²) < 4.78 is 31.6. The van der Waals surface area contributed by atoms with Crippen molar-refractivity contribution in [3.63, 3.8) is 0 Å². The molecule has 0 atom stereocenters. The molecule has 2 aromatic carbocycles. The molecule has 0 aliphatic carbocycles. The minimum absolute atomic E-state index is 0.112. The van der Waals surface area contributed by atoms with Crippen molar-refractivity contribution >= 4 is 50.5 Å². The topological polar surface area (TPSA) is 122 Å². The van der Waals surface area contributed by atoms with Crippen LogP contribution >= 0.6 is 11.6 Å². The third-order valence-electron chi connectivity index (χ3n) is 5.22. The van der Waals surface area contributed by atoms with E-state index in [9.17, 15) is 13.2 Å². The Morgan fingerprint density at radius 2 is 1.75 bits per heavy atom. The van der Waals surface area contributed by atoms with E-state index in [1.165, 1.54) is 12.3 Å². The molecular weight excluding hydrogens is 502 g/mol. The fourth-order valence-corrected chi connectivity index (χ4v) is 4.68. The quantitative estimate of drug-likeness (QED) is 0.342. The lowest BCUT2D eigenvalue weighted by atomic mass is 10.1. The Kier molecular flexibility index (Phi) is 8.42. The Morgan fingerprint density at radius 1 is 1.06 bits per heavy atom. The molecular formula is C25H30ClN5O4S. The zero-order valence-corrected chi connectivity index (χ0v) is 22.6. The second kappa shape index (κ2) is 11.1. The van der Waals surface area contributed by atoms with Crippen LogP contribution in [0.15, 0.2) is 47.5 Å². The van der Waals surface area contributed by atoms with Crippen molar-refractivity contribution in [2.24, 2.45) is 0 Å². The van der Waals surface area contributed by atoms with Crippen molar-refractivity contribution in [3.05, 3.63) is 58.7 Å². The third kappa shape index (κ3) is 6.06. The summed E-state index contributed by atoms with van der Waals surface area (Å²) in [5.74, 6) is 0.669. The number of rotatable bonds is 9. The predicted molar refractivity (Wildman–Crippen MR) is 143 cm³/mol. The number of carbonyl (C=O) groups excluding carboxylic acids is 1. The van der Waals surface area contributed by atoms with Gasteiger partial charge in [-0.25, -0.2) is 13.4 Å². The normalized spacial score (nSPS) is 11.5. The fraction of sp³-hybridized carbons (Fsp3) is 0.320. The molecule has 36 heavy (non-hydrogen) atoms. The molecule has 0 aliphatic heterocycles. The Balaban J connectivity index is 2.02. The van der Waals surface area contributed by atoms with Crippen LogP contribution in [0, 0.1) is 6.92 Å². The van der Waals surface area contributed by atoms with E-state index < -0.39 is 15.1 Å². The summed E-state index contributed by atoms with van der Waals surface area (Å²) in [4.78, 5) is 21.2. The molecule has 3 rings (SSSR count). The minimum atomic E-state index is -3.55. The Hall–Kier alpha value is -3.37. The standard InChI is InChI=1S/C25H30ClN5O4S/c1-14(2)35-21-11-16(5)17(24(32)27-6)12-20(21)30-25-28-13-18(26)23(31-25)29-19-9-7-8-10-22(19)36(33,34)15(3)4/h7-15H,1-6H3,(H,27,32)(H2,28,29,30,31). The summed E-state index contributed by atoms with van der Waals surface area (Å²) in [6.07, 6.45) is 1.29. The number of sulfone groups is 1. The van der Waals surface area contributed by atoms with Gasteiger partial charge in [0.1, 0.15) is 10.8 Å². The Morgan fingerprint density at radius 3 is 2.39 bits per heavy atom. The van der Waals surface area contributed by atoms with Gasteiger partial charge in [0, 0.05) is 12.6 Å². The molecule has 3 aromatic rings. The summed E-state index contributed by atoms with van der Waals surface area (Å²) in [7, 11) is -1.99. The molecule has 0 unspecified atom stereocenters. The number of aromatic nitrogens is 2. The number of benzene rings is 2. The number of carbonyl (C=O) groups is 1. The van der Waals surface area contributed by atoms with Crippen molar-refractivity contribution in [2.75, 3.05) is 17.7 Å². The van der Waals surface area contributed by atoms with E-state index in [0.29, 0.717) is 22.7 Å². The molecule has 192 valence electrons. The number of nitrogens with zero attached hydrogens (tertiary/aromatic N) is 2. The summed E-state index contributed by atoms with van der Waals surface area (Å²) in [6.45, 7) is 8.87. The maximum atomic E-state index is 12.8. The highest BCUT2D eigenvalue weighted by molar-refractivity contribution is 7.92. The minimum Gasteiger partial charge on any atom is -0.489 e. The molecule has 1 amide bonds. The molecule has 0 aliphatic rings. The number of halogens is 1. The number of amides is 1. The van der Waals surface area contributed by atoms with Crippen LogP contribution in [0.5, 0.6) is 5.75 Å². The lowest BCUT2D eigenvalue weighted by Crippen LogP contribution is -2.19. The van der Waals surface area contributed by atoms with Crippen LogP contribution in [0.4, 0.5) is 23.1 Å². The van der Waals surface area contributed by atoms with Crippen LogP contribution < -0.4 is 20.7 Å². The largest absolute Gasteiger partial charge is 0.489 e. The van der Waals surface area contributed by atoms with E-state index in [1.807, 2.05) is 20.8 Å². The van der Waals surface area contributed by atoms with Crippen molar-refractivity contribution in [2.45, 2.75) is 50.9 Å². The molecule has 0 saturated heterocycles.